The third kappa shape index (κ3) is 6.26. The Bertz CT molecular complexity index is 1170. The topological polar surface area (TPSA) is 88.6 Å². The van der Waals surface area contributed by atoms with Crippen LogP contribution < -0.4 is 10.6 Å². The van der Waals surface area contributed by atoms with Gasteiger partial charge in [-0.15, -0.1) is 0 Å². The average molecular weight is 488 g/mol. The Kier molecular flexibility index (Phi) is 8.46. The fourth-order valence-corrected chi connectivity index (χ4v) is 5.01. The van der Waals surface area contributed by atoms with Crippen LogP contribution in [0.2, 0.25) is 0 Å². The molecule has 6 nitrogen and oxygen atoms in total. The maximum Gasteiger partial charge on any atom is 0.314 e. The van der Waals surface area contributed by atoms with Crippen molar-refractivity contribution >= 4 is 5.97 Å². The molecule has 0 spiro atoms. The second kappa shape index (κ2) is 11.2. The molecular formula is C30H37N3O3. The highest BCUT2D eigenvalue weighted by Crippen LogP contribution is 2.46. The molecule has 2 aromatic carbocycles. The minimum atomic E-state index is -0.656. The van der Waals surface area contributed by atoms with Gasteiger partial charge in [-0.1, -0.05) is 42.3 Å². The van der Waals surface area contributed by atoms with Crippen molar-refractivity contribution in [1.29, 1.82) is 5.26 Å². The van der Waals surface area contributed by atoms with Crippen LogP contribution in [0.1, 0.15) is 76.1 Å². The smallest absolute Gasteiger partial charge is 0.314 e. The zero-order chi connectivity index (χ0) is 26.5. The number of nitrogens with zero attached hydrogens (tertiary/aromatic N) is 2. The molecule has 1 unspecified atom stereocenters. The molecule has 0 radical (unpaired) electrons. The Morgan fingerprint density at radius 2 is 1.83 bits per heavy atom. The van der Waals surface area contributed by atoms with Crippen molar-refractivity contribution in [2.24, 2.45) is 11.8 Å². The van der Waals surface area contributed by atoms with Crippen molar-refractivity contribution in [3.63, 3.8) is 0 Å². The van der Waals surface area contributed by atoms with Gasteiger partial charge < -0.3 is 9.47 Å². The standard InChI is InChI=1S/C30H37N3O3/c1-29(2,3)36-28(34)26(23-14-10-19-33(32)27(23)21-12-8-7-9-13-21)24-20-22(15-16-25(24)35-6)30(4,5)17-11-18-31/h7-9,12-13,15-16,20,23,26-27H,10,14,19,32H2,1-6H3/t23-,26?,27+/m0/s1. The third-order valence-corrected chi connectivity index (χ3v) is 6.66. The number of nitriles is 1. The molecule has 36 heavy (non-hydrogen) atoms. The van der Waals surface area contributed by atoms with E-state index in [1.807, 2.05) is 82.1 Å². The van der Waals surface area contributed by atoms with E-state index >= 15 is 0 Å². The molecule has 1 heterocycles. The van der Waals surface area contributed by atoms with Gasteiger partial charge >= 0.3 is 5.97 Å². The van der Waals surface area contributed by atoms with E-state index in [1.54, 1.807) is 7.11 Å². The summed E-state index contributed by atoms with van der Waals surface area (Å²) in [6.07, 6.45) is 1.67. The minimum Gasteiger partial charge on any atom is -0.496 e. The molecule has 1 aliphatic rings. The van der Waals surface area contributed by atoms with Crippen molar-refractivity contribution < 1.29 is 14.3 Å². The number of nitrogens with two attached hydrogens (primary N) is 1. The maximum atomic E-state index is 13.9. The molecule has 6 heteroatoms. The molecular weight excluding hydrogens is 450 g/mol. The van der Waals surface area contributed by atoms with E-state index in [4.69, 9.17) is 20.6 Å². The highest BCUT2D eigenvalue weighted by atomic mass is 16.6. The van der Waals surface area contributed by atoms with E-state index in [9.17, 15) is 4.79 Å². The molecule has 0 bridgehead atoms. The van der Waals surface area contributed by atoms with Gasteiger partial charge in [0.25, 0.3) is 0 Å². The lowest BCUT2D eigenvalue weighted by atomic mass is 9.73. The molecule has 0 aliphatic carbocycles. The minimum absolute atomic E-state index is 0.140. The summed E-state index contributed by atoms with van der Waals surface area (Å²) in [6.45, 7) is 10.3. The molecule has 2 N–H and O–H groups in total. The monoisotopic (exact) mass is 487 g/mol. The highest BCUT2D eigenvalue weighted by molar-refractivity contribution is 5.80. The summed E-state index contributed by atoms with van der Waals surface area (Å²) in [5.74, 6) is 11.7. The summed E-state index contributed by atoms with van der Waals surface area (Å²) in [6, 6.07) is 17.6. The SMILES string of the molecule is COc1ccc(C(C)(C)C#CC#N)cc1C(C(=O)OC(C)(C)C)[C@@H]1CCCN(N)[C@@H]1c1ccccc1. The van der Waals surface area contributed by atoms with Gasteiger partial charge in [0.1, 0.15) is 11.4 Å². The number of piperidine rings is 1. The number of ether oxygens (including phenoxy) is 2. The fourth-order valence-electron chi connectivity index (χ4n) is 5.01. The number of hydrogen-bond donors (Lipinski definition) is 1. The second-order valence-corrected chi connectivity index (χ2v) is 10.9. The lowest BCUT2D eigenvalue weighted by molar-refractivity contribution is -0.159. The van der Waals surface area contributed by atoms with E-state index in [2.05, 4.69) is 24.0 Å². The number of esters is 1. The first-order valence-corrected chi connectivity index (χ1v) is 12.4. The molecule has 3 atom stereocenters. The van der Waals surface area contributed by atoms with Gasteiger partial charge in [-0.2, -0.15) is 5.26 Å². The lowest BCUT2D eigenvalue weighted by Crippen LogP contribution is -2.47. The van der Waals surface area contributed by atoms with Gasteiger partial charge in [0.15, 0.2) is 6.07 Å². The van der Waals surface area contributed by atoms with Crippen molar-refractivity contribution in [3.05, 3.63) is 65.2 Å². The first-order valence-electron chi connectivity index (χ1n) is 12.4. The molecule has 2 aromatic rings. The van der Waals surface area contributed by atoms with Crippen LogP contribution in [0.4, 0.5) is 0 Å². The van der Waals surface area contributed by atoms with Gasteiger partial charge in [0.05, 0.1) is 24.5 Å². The van der Waals surface area contributed by atoms with Crippen LogP contribution in [-0.2, 0) is 14.9 Å². The summed E-state index contributed by atoms with van der Waals surface area (Å²) < 4.78 is 11.8. The molecule has 0 aromatic heterocycles. The van der Waals surface area contributed by atoms with Gasteiger partial charge in [-0.3, -0.25) is 10.6 Å². The zero-order valence-electron chi connectivity index (χ0n) is 22.2. The normalized spacial score (nSPS) is 19.4. The Labute approximate surface area is 215 Å². The van der Waals surface area contributed by atoms with Crippen LogP contribution >= 0.6 is 0 Å². The predicted molar refractivity (Wildman–Crippen MR) is 141 cm³/mol. The molecule has 1 fully saturated rings. The van der Waals surface area contributed by atoms with Crippen molar-refractivity contribution in [2.45, 2.75) is 70.4 Å². The molecule has 1 aliphatic heterocycles. The number of carbonyl (C=O) groups excluding carboxylic acids is 1. The van der Waals surface area contributed by atoms with Crippen LogP contribution in [0.25, 0.3) is 0 Å². The first-order chi connectivity index (χ1) is 17.0. The summed E-state index contributed by atoms with van der Waals surface area (Å²) in [5.41, 5.74) is 1.45. The second-order valence-electron chi connectivity index (χ2n) is 10.9. The number of benzene rings is 2. The third-order valence-electron chi connectivity index (χ3n) is 6.66. The lowest BCUT2D eigenvalue weighted by Gasteiger charge is -2.43. The van der Waals surface area contributed by atoms with Crippen LogP contribution in [0.15, 0.2) is 48.5 Å². The molecule has 0 saturated carbocycles. The van der Waals surface area contributed by atoms with E-state index in [0.29, 0.717) is 5.75 Å². The van der Waals surface area contributed by atoms with Gasteiger partial charge in [0, 0.05) is 18.0 Å². The van der Waals surface area contributed by atoms with Gasteiger partial charge in [-0.25, -0.2) is 5.01 Å². The van der Waals surface area contributed by atoms with Gasteiger partial charge in [0.2, 0.25) is 0 Å². The Hall–Kier alpha value is -3.32. The highest BCUT2D eigenvalue weighted by Gasteiger charge is 2.43. The molecule has 3 rings (SSSR count). The van der Waals surface area contributed by atoms with Crippen molar-refractivity contribution in [2.75, 3.05) is 13.7 Å². The van der Waals surface area contributed by atoms with Crippen LogP contribution in [0.5, 0.6) is 5.75 Å². The Morgan fingerprint density at radius 3 is 2.44 bits per heavy atom. The summed E-state index contributed by atoms with van der Waals surface area (Å²) in [4.78, 5) is 13.9. The Morgan fingerprint density at radius 1 is 1.14 bits per heavy atom. The van der Waals surface area contributed by atoms with Crippen LogP contribution in [0, 0.1) is 29.1 Å². The summed E-state index contributed by atoms with van der Waals surface area (Å²) >= 11 is 0. The fraction of sp³-hybridized carbons (Fsp3) is 0.467. The molecule has 0 amide bonds. The number of hydrazine groups is 1. The quantitative estimate of drug-likeness (QED) is 0.340. The molecule has 190 valence electrons. The summed E-state index contributed by atoms with van der Waals surface area (Å²) in [7, 11) is 1.61. The number of rotatable bonds is 6. The van der Waals surface area contributed by atoms with E-state index < -0.39 is 16.9 Å². The zero-order valence-corrected chi connectivity index (χ0v) is 22.2. The average Bonchev–Trinajstić information content (AvgIpc) is 2.82. The van der Waals surface area contributed by atoms with Crippen LogP contribution in [0.3, 0.4) is 0 Å². The van der Waals surface area contributed by atoms with Crippen molar-refractivity contribution in [1.82, 2.24) is 5.01 Å². The first kappa shape index (κ1) is 27.3. The van der Waals surface area contributed by atoms with Crippen molar-refractivity contribution in [3.8, 4) is 23.7 Å². The number of methoxy groups -OCH3 is 1. The van der Waals surface area contributed by atoms with E-state index in [-0.39, 0.29) is 17.9 Å². The van der Waals surface area contributed by atoms with E-state index in [1.165, 1.54) is 0 Å². The number of carbonyl (C=O) groups is 1. The van der Waals surface area contributed by atoms with Crippen LogP contribution in [-0.4, -0.2) is 30.2 Å². The Balaban J connectivity index is 2.22. The van der Waals surface area contributed by atoms with E-state index in [0.717, 1.165) is 36.1 Å². The maximum absolute atomic E-state index is 13.9. The predicted octanol–water partition coefficient (Wildman–Crippen LogP) is 5.25. The number of hydrogen-bond acceptors (Lipinski definition) is 6. The molecule has 1 saturated heterocycles. The largest absolute Gasteiger partial charge is 0.496 e. The van der Waals surface area contributed by atoms with Gasteiger partial charge in [-0.05, 0) is 76.6 Å². The summed E-state index contributed by atoms with van der Waals surface area (Å²) in [5, 5.41) is 10.8.